The molecule has 0 bridgehead atoms. The molecule has 1 fully saturated rings. The van der Waals surface area contributed by atoms with Crippen LogP contribution in [0.4, 0.5) is 10.2 Å². The van der Waals surface area contributed by atoms with Gasteiger partial charge in [0.25, 0.3) is 0 Å². The number of carbonyl (C=O) groups is 4. The van der Waals surface area contributed by atoms with Crippen molar-refractivity contribution in [3.63, 3.8) is 0 Å². The van der Waals surface area contributed by atoms with Gasteiger partial charge in [-0.05, 0) is 59.2 Å². The number of aliphatic carboxylic acids is 1. The summed E-state index contributed by atoms with van der Waals surface area (Å²) in [5, 5.41) is 15.9. The molecule has 0 aliphatic carbocycles. The normalized spacial score (nSPS) is 19.0. The lowest BCUT2D eigenvalue weighted by atomic mass is 9.89. The van der Waals surface area contributed by atoms with Gasteiger partial charge in [0, 0.05) is 44.9 Å². The summed E-state index contributed by atoms with van der Waals surface area (Å²) in [7, 11) is 4.69. The summed E-state index contributed by atoms with van der Waals surface area (Å²) < 4.78 is 27.1. The van der Waals surface area contributed by atoms with Crippen molar-refractivity contribution in [2.45, 2.75) is 110 Å². The summed E-state index contributed by atoms with van der Waals surface area (Å²) in [6.45, 7) is 11.3. The number of carboxylic acids is 1. The fourth-order valence-electron chi connectivity index (χ4n) is 7.27. The first-order chi connectivity index (χ1) is 25.0. The molecule has 3 rings (SSSR count). The first-order valence-electron chi connectivity index (χ1n) is 18.3. The first-order valence-corrected chi connectivity index (χ1v) is 19.1. The SMILES string of the molecule is CC[C@H](C)[C@@H]([C@@H](CC(=O)N1CCC[C@H]1[C@H](OC)[C@@H](C)C(=O)N[C@@](C)(Cc1ccccc1)C(=O)O)OC)N(C)C(=O)[C@@H](Nc1ncc(Br)cc1F)C(C)C. The second kappa shape index (κ2) is 19.6. The molecule has 1 saturated heterocycles. The molecule has 1 aromatic carbocycles. The van der Waals surface area contributed by atoms with Crippen molar-refractivity contribution in [2.24, 2.45) is 17.8 Å². The van der Waals surface area contributed by atoms with Gasteiger partial charge in [-0.15, -0.1) is 0 Å². The monoisotopic (exact) mass is 805 g/mol. The molecule has 3 amide bonds. The number of pyridine rings is 1. The summed E-state index contributed by atoms with van der Waals surface area (Å²) in [6.07, 6.45) is 2.10. The summed E-state index contributed by atoms with van der Waals surface area (Å²) >= 11 is 3.21. The molecule has 0 unspecified atom stereocenters. The number of methoxy groups -OCH3 is 2. The predicted molar refractivity (Wildman–Crippen MR) is 205 cm³/mol. The fraction of sp³-hybridized carbons (Fsp3) is 0.615. The average molecular weight is 807 g/mol. The maximum atomic E-state index is 14.8. The van der Waals surface area contributed by atoms with Gasteiger partial charge in [-0.25, -0.2) is 14.2 Å². The third-order valence-electron chi connectivity index (χ3n) is 10.6. The maximum Gasteiger partial charge on any atom is 0.329 e. The Hall–Kier alpha value is -3.62. The van der Waals surface area contributed by atoms with E-state index in [9.17, 15) is 28.7 Å². The lowest BCUT2D eigenvalue weighted by Crippen LogP contribution is -2.58. The summed E-state index contributed by atoms with van der Waals surface area (Å²) in [5.74, 6) is -3.85. The molecule has 294 valence electrons. The van der Waals surface area contributed by atoms with Crippen LogP contribution in [-0.4, -0.2) is 107 Å². The van der Waals surface area contributed by atoms with Crippen LogP contribution in [0.2, 0.25) is 0 Å². The standard InChI is InChI=1S/C39H57BrFN5O7/c1-10-24(4)33(45(7)37(49)32(23(2)3)43-35-28(41)19-27(40)22-42-35)30(52-8)20-31(47)46-18-14-17-29(46)34(53-9)25(5)36(48)44-39(6,38(50)51)21-26-15-12-11-13-16-26/h11-13,15-16,19,22-25,29-30,32-34H,10,14,17-18,20-21H2,1-9H3,(H,42,43)(H,44,48)(H,50,51)/t24-,25+,29-,30+,32-,33-,34+,39-/m0/s1. The minimum atomic E-state index is -1.57. The number of amides is 3. The minimum Gasteiger partial charge on any atom is -0.480 e. The van der Waals surface area contributed by atoms with Gasteiger partial charge in [-0.1, -0.05) is 71.4 Å². The smallest absolute Gasteiger partial charge is 0.329 e. The number of carbonyl (C=O) groups excluding carboxylic acids is 3. The van der Waals surface area contributed by atoms with Gasteiger partial charge in [0.1, 0.15) is 11.6 Å². The van der Waals surface area contributed by atoms with Gasteiger partial charge in [0.2, 0.25) is 17.7 Å². The summed E-state index contributed by atoms with van der Waals surface area (Å²) in [4.78, 5) is 61.8. The number of rotatable bonds is 19. The van der Waals surface area contributed by atoms with Crippen LogP contribution in [0.15, 0.2) is 47.1 Å². The molecule has 3 N–H and O–H groups in total. The van der Waals surface area contributed by atoms with E-state index in [0.717, 1.165) is 5.56 Å². The molecule has 14 heteroatoms. The Morgan fingerprint density at radius 2 is 1.79 bits per heavy atom. The van der Waals surface area contributed by atoms with Gasteiger partial charge in [-0.3, -0.25) is 14.4 Å². The van der Waals surface area contributed by atoms with Crippen molar-refractivity contribution in [3.05, 3.63) is 58.4 Å². The van der Waals surface area contributed by atoms with Crippen LogP contribution in [0.25, 0.3) is 0 Å². The topological polar surface area (TPSA) is 150 Å². The second-order valence-electron chi connectivity index (χ2n) is 14.7. The number of hydrogen-bond acceptors (Lipinski definition) is 8. The van der Waals surface area contributed by atoms with Crippen LogP contribution in [-0.2, 0) is 35.1 Å². The van der Waals surface area contributed by atoms with Crippen LogP contribution in [0.1, 0.15) is 72.8 Å². The molecule has 53 heavy (non-hydrogen) atoms. The van der Waals surface area contributed by atoms with E-state index in [0.29, 0.717) is 30.3 Å². The highest BCUT2D eigenvalue weighted by Gasteiger charge is 2.44. The Kier molecular flexibility index (Phi) is 16.2. The van der Waals surface area contributed by atoms with E-state index in [1.54, 1.807) is 23.8 Å². The number of likely N-dealkylation sites (tertiary alicyclic amines) is 1. The van der Waals surface area contributed by atoms with E-state index in [1.165, 1.54) is 33.4 Å². The zero-order chi connectivity index (χ0) is 39.6. The van der Waals surface area contributed by atoms with Gasteiger partial charge < -0.3 is 35.0 Å². The fourth-order valence-corrected chi connectivity index (χ4v) is 7.57. The number of benzene rings is 1. The number of hydrogen-bond donors (Lipinski definition) is 3. The lowest BCUT2D eigenvalue weighted by molar-refractivity contribution is -0.150. The van der Waals surface area contributed by atoms with Crippen molar-refractivity contribution in [3.8, 4) is 0 Å². The number of aromatic nitrogens is 1. The zero-order valence-corrected chi connectivity index (χ0v) is 34.0. The van der Waals surface area contributed by atoms with Crippen molar-refractivity contribution in [1.29, 1.82) is 0 Å². The second-order valence-corrected chi connectivity index (χ2v) is 15.6. The Balaban J connectivity index is 1.80. The van der Waals surface area contributed by atoms with Gasteiger partial charge in [0.15, 0.2) is 11.6 Å². The van der Waals surface area contributed by atoms with Crippen LogP contribution in [0.3, 0.4) is 0 Å². The molecule has 2 aromatic rings. The van der Waals surface area contributed by atoms with E-state index < -0.39 is 59.5 Å². The number of halogens is 2. The molecule has 2 heterocycles. The number of carboxylic acid groups (broad SMARTS) is 1. The molecule has 1 aliphatic heterocycles. The van der Waals surface area contributed by atoms with E-state index in [-0.39, 0.29) is 42.3 Å². The highest BCUT2D eigenvalue weighted by atomic mass is 79.9. The molecule has 8 atom stereocenters. The Morgan fingerprint density at radius 1 is 1.13 bits per heavy atom. The number of ether oxygens (including phenoxy) is 2. The van der Waals surface area contributed by atoms with Crippen LogP contribution >= 0.6 is 15.9 Å². The molecule has 1 aromatic heterocycles. The van der Waals surface area contributed by atoms with Gasteiger partial charge in [0.05, 0.1) is 36.6 Å². The lowest BCUT2D eigenvalue weighted by Gasteiger charge is -2.41. The van der Waals surface area contributed by atoms with E-state index in [1.807, 2.05) is 58.0 Å². The van der Waals surface area contributed by atoms with Gasteiger partial charge >= 0.3 is 5.97 Å². The first kappa shape index (κ1) is 43.8. The molecule has 1 aliphatic rings. The predicted octanol–water partition coefficient (Wildman–Crippen LogP) is 5.54. The number of nitrogens with zero attached hydrogens (tertiary/aromatic N) is 3. The molecule has 12 nitrogen and oxygen atoms in total. The van der Waals surface area contributed by atoms with Crippen molar-refractivity contribution in [1.82, 2.24) is 20.1 Å². The Morgan fingerprint density at radius 3 is 2.34 bits per heavy atom. The molecule has 0 spiro atoms. The molecular weight excluding hydrogens is 749 g/mol. The van der Waals surface area contributed by atoms with Crippen LogP contribution in [0, 0.1) is 23.6 Å². The largest absolute Gasteiger partial charge is 0.480 e. The van der Waals surface area contributed by atoms with E-state index in [2.05, 4.69) is 31.5 Å². The number of nitrogens with one attached hydrogen (secondary N) is 2. The van der Waals surface area contributed by atoms with Crippen LogP contribution < -0.4 is 10.6 Å². The molecular formula is C39H57BrFN5O7. The minimum absolute atomic E-state index is 0.0343. The van der Waals surface area contributed by atoms with Crippen LogP contribution in [0.5, 0.6) is 0 Å². The van der Waals surface area contributed by atoms with Crippen molar-refractivity contribution >= 4 is 45.4 Å². The third-order valence-corrected chi connectivity index (χ3v) is 11.0. The van der Waals surface area contributed by atoms with Crippen molar-refractivity contribution in [2.75, 3.05) is 33.1 Å². The van der Waals surface area contributed by atoms with Crippen molar-refractivity contribution < 1.29 is 38.1 Å². The summed E-state index contributed by atoms with van der Waals surface area (Å²) in [5.41, 5.74) is -0.799. The quantitative estimate of drug-likeness (QED) is 0.166. The molecule has 0 saturated carbocycles. The highest BCUT2D eigenvalue weighted by molar-refractivity contribution is 9.10. The average Bonchev–Trinajstić information content (AvgIpc) is 3.60. The zero-order valence-electron chi connectivity index (χ0n) is 32.4. The van der Waals surface area contributed by atoms with E-state index >= 15 is 0 Å². The highest BCUT2D eigenvalue weighted by Crippen LogP contribution is 2.30. The number of likely N-dealkylation sites (N-methyl/N-ethyl adjacent to an activating group) is 1. The molecule has 0 radical (unpaired) electrons. The third kappa shape index (κ3) is 11.0. The Bertz CT molecular complexity index is 1550. The Labute approximate surface area is 321 Å². The number of anilines is 1. The maximum absolute atomic E-state index is 14.8. The van der Waals surface area contributed by atoms with Gasteiger partial charge in [-0.2, -0.15) is 0 Å². The summed E-state index contributed by atoms with van der Waals surface area (Å²) in [6, 6.07) is 8.61. The van der Waals surface area contributed by atoms with E-state index in [4.69, 9.17) is 9.47 Å².